The van der Waals surface area contributed by atoms with Crippen molar-refractivity contribution >= 4 is 0 Å². The second-order valence-corrected chi connectivity index (χ2v) is 3.47. The first-order valence-electron chi connectivity index (χ1n) is 5.14. The molecule has 0 aliphatic heterocycles. The molecule has 1 aromatic carbocycles. The highest BCUT2D eigenvalue weighted by atomic mass is 16.5. The Morgan fingerprint density at radius 2 is 1.50 bits per heavy atom. The van der Waals surface area contributed by atoms with Crippen LogP contribution in [0.1, 0.15) is 11.7 Å². The maximum Gasteiger partial charge on any atom is 0.170 e. The lowest BCUT2D eigenvalue weighted by atomic mass is 10.0. The van der Waals surface area contributed by atoms with Gasteiger partial charge in [0, 0.05) is 11.6 Å². The van der Waals surface area contributed by atoms with Gasteiger partial charge in [0.2, 0.25) is 0 Å². The monoisotopic (exact) mass is 253 g/mol. The molecule has 0 bridgehead atoms. The summed E-state index contributed by atoms with van der Waals surface area (Å²) in [5.41, 5.74) is 0.254. The highest BCUT2D eigenvalue weighted by Gasteiger charge is 2.24. The summed E-state index contributed by atoms with van der Waals surface area (Å²) in [5.74, 6) is 1.10. The van der Waals surface area contributed by atoms with E-state index in [4.69, 9.17) is 19.5 Å². The summed E-state index contributed by atoms with van der Waals surface area (Å²) in [7, 11) is 4.33. The van der Waals surface area contributed by atoms with E-state index in [1.165, 1.54) is 33.5 Å². The second-order valence-electron chi connectivity index (χ2n) is 3.47. The molecular weight excluding hydrogens is 238 g/mol. The molecule has 6 nitrogen and oxygen atoms in total. The fraction of sp³-hybridized carbons (Fsp3) is 0.417. The highest BCUT2D eigenvalue weighted by molar-refractivity contribution is 5.51. The van der Waals surface area contributed by atoms with Gasteiger partial charge < -0.3 is 24.4 Å². The van der Waals surface area contributed by atoms with Gasteiger partial charge in [0.1, 0.15) is 11.9 Å². The molecule has 0 amide bonds. The summed E-state index contributed by atoms with van der Waals surface area (Å²) in [4.78, 5) is 0. The number of hydrogen-bond donors (Lipinski definition) is 2. The molecule has 0 spiro atoms. The number of ether oxygens (including phenoxy) is 3. The number of rotatable bonds is 5. The van der Waals surface area contributed by atoms with Crippen molar-refractivity contribution in [3.63, 3.8) is 0 Å². The predicted molar refractivity (Wildman–Crippen MR) is 62.7 cm³/mol. The van der Waals surface area contributed by atoms with Crippen LogP contribution in [0.5, 0.6) is 17.2 Å². The van der Waals surface area contributed by atoms with E-state index >= 15 is 0 Å². The summed E-state index contributed by atoms with van der Waals surface area (Å²) in [5, 5.41) is 27.8. The molecule has 0 saturated heterocycles. The van der Waals surface area contributed by atoms with E-state index in [0.29, 0.717) is 17.2 Å². The molecule has 1 aromatic rings. The van der Waals surface area contributed by atoms with E-state index in [1.54, 1.807) is 6.07 Å². The molecule has 0 radical (unpaired) electrons. The molecule has 0 saturated carbocycles. The van der Waals surface area contributed by atoms with Crippen LogP contribution in [0, 0.1) is 11.3 Å². The van der Waals surface area contributed by atoms with Crippen LogP contribution in [0.15, 0.2) is 12.1 Å². The Bertz CT molecular complexity index is 455. The number of benzene rings is 1. The van der Waals surface area contributed by atoms with Crippen LogP contribution in [-0.2, 0) is 0 Å². The van der Waals surface area contributed by atoms with E-state index in [9.17, 15) is 10.2 Å². The first kappa shape index (κ1) is 14.1. The maximum absolute atomic E-state index is 9.84. The minimum absolute atomic E-state index is 0.254. The van der Waals surface area contributed by atoms with E-state index in [0.717, 1.165) is 0 Å². The van der Waals surface area contributed by atoms with Crippen LogP contribution >= 0.6 is 0 Å². The predicted octanol–water partition coefficient (Wildman–Crippen LogP) is 0.630. The van der Waals surface area contributed by atoms with E-state index in [-0.39, 0.29) is 5.56 Å². The van der Waals surface area contributed by atoms with Gasteiger partial charge in [-0.3, -0.25) is 0 Å². The lowest BCUT2D eigenvalue weighted by Crippen LogP contribution is -2.16. The normalized spacial score (nSPS) is 13.3. The van der Waals surface area contributed by atoms with Crippen LogP contribution in [0.4, 0.5) is 0 Å². The zero-order valence-corrected chi connectivity index (χ0v) is 10.4. The molecule has 98 valence electrons. The third kappa shape index (κ3) is 2.64. The second kappa shape index (κ2) is 6.10. The summed E-state index contributed by atoms with van der Waals surface area (Å²) in [6.45, 7) is 0. The first-order valence-corrected chi connectivity index (χ1v) is 5.14. The van der Waals surface area contributed by atoms with Gasteiger partial charge in [-0.05, 0) is 6.07 Å². The Morgan fingerprint density at radius 1 is 1.00 bits per heavy atom. The van der Waals surface area contributed by atoms with Crippen LogP contribution in [0.2, 0.25) is 0 Å². The highest BCUT2D eigenvalue weighted by Crippen LogP contribution is 2.38. The summed E-state index contributed by atoms with van der Waals surface area (Å²) >= 11 is 0. The quantitative estimate of drug-likeness (QED) is 0.748. The zero-order chi connectivity index (χ0) is 13.7. The molecule has 0 aliphatic rings. The van der Waals surface area contributed by atoms with Crippen molar-refractivity contribution in [1.82, 2.24) is 0 Å². The molecule has 0 aliphatic carbocycles. The van der Waals surface area contributed by atoms with Gasteiger partial charge in [-0.2, -0.15) is 5.26 Å². The fourth-order valence-electron chi connectivity index (χ4n) is 1.52. The molecular formula is C12H15NO5. The van der Waals surface area contributed by atoms with Crippen molar-refractivity contribution in [3.05, 3.63) is 17.7 Å². The van der Waals surface area contributed by atoms with Crippen molar-refractivity contribution in [2.75, 3.05) is 21.3 Å². The standard InChI is InChI=1S/C12H15NO5/c1-16-9-5-11(18-3)10(17-2)4-7(9)12(15)8(14)6-13/h4-5,8,12,14-15H,1-3H3. The zero-order valence-electron chi connectivity index (χ0n) is 10.4. The smallest absolute Gasteiger partial charge is 0.170 e. The molecule has 18 heavy (non-hydrogen) atoms. The lowest BCUT2D eigenvalue weighted by Gasteiger charge is -2.18. The van der Waals surface area contributed by atoms with Crippen molar-refractivity contribution in [3.8, 4) is 23.3 Å². The Morgan fingerprint density at radius 3 is 1.94 bits per heavy atom. The number of aliphatic hydroxyl groups is 2. The van der Waals surface area contributed by atoms with Gasteiger partial charge in [0.25, 0.3) is 0 Å². The molecule has 0 heterocycles. The lowest BCUT2D eigenvalue weighted by molar-refractivity contribution is 0.0508. The fourth-order valence-corrected chi connectivity index (χ4v) is 1.52. The van der Waals surface area contributed by atoms with Gasteiger partial charge in [-0.25, -0.2) is 0 Å². The van der Waals surface area contributed by atoms with E-state index in [2.05, 4.69) is 0 Å². The number of hydrogen-bond acceptors (Lipinski definition) is 6. The Balaban J connectivity index is 3.30. The van der Waals surface area contributed by atoms with Gasteiger partial charge in [0.15, 0.2) is 17.6 Å². The van der Waals surface area contributed by atoms with Crippen LogP contribution < -0.4 is 14.2 Å². The Labute approximate surface area is 105 Å². The molecule has 0 aromatic heterocycles. The van der Waals surface area contributed by atoms with Crippen LogP contribution in [-0.4, -0.2) is 37.6 Å². The van der Waals surface area contributed by atoms with E-state index in [1.807, 2.05) is 0 Å². The average molecular weight is 253 g/mol. The number of nitrogens with zero attached hydrogens (tertiary/aromatic N) is 1. The number of aliphatic hydroxyl groups excluding tert-OH is 2. The summed E-state index contributed by atoms with van der Waals surface area (Å²) < 4.78 is 15.3. The van der Waals surface area contributed by atoms with Crippen molar-refractivity contribution in [1.29, 1.82) is 5.26 Å². The summed E-state index contributed by atoms with van der Waals surface area (Å²) in [6, 6.07) is 4.54. The molecule has 6 heteroatoms. The maximum atomic E-state index is 9.84. The molecule has 2 unspecified atom stereocenters. The molecule has 0 fully saturated rings. The number of methoxy groups -OCH3 is 3. The minimum Gasteiger partial charge on any atom is -0.496 e. The first-order chi connectivity index (χ1) is 8.58. The molecule has 2 N–H and O–H groups in total. The number of nitriles is 1. The van der Waals surface area contributed by atoms with Crippen molar-refractivity contribution in [2.45, 2.75) is 12.2 Å². The minimum atomic E-state index is -1.54. The molecule has 1 rings (SSSR count). The average Bonchev–Trinajstić information content (AvgIpc) is 2.43. The van der Waals surface area contributed by atoms with Crippen molar-refractivity contribution < 1.29 is 24.4 Å². The SMILES string of the molecule is COc1cc(OC)c(C(O)C(O)C#N)cc1OC. The summed E-state index contributed by atoms with van der Waals surface area (Å²) in [6.07, 6.45) is -2.93. The van der Waals surface area contributed by atoms with Crippen LogP contribution in [0.3, 0.4) is 0 Å². The van der Waals surface area contributed by atoms with Gasteiger partial charge in [-0.1, -0.05) is 0 Å². The topological polar surface area (TPSA) is 91.9 Å². The third-order valence-electron chi connectivity index (χ3n) is 2.49. The molecule has 2 atom stereocenters. The van der Waals surface area contributed by atoms with Gasteiger partial charge in [-0.15, -0.1) is 0 Å². The van der Waals surface area contributed by atoms with Crippen LogP contribution in [0.25, 0.3) is 0 Å². The van der Waals surface area contributed by atoms with Gasteiger partial charge >= 0.3 is 0 Å². The Kier molecular flexibility index (Phi) is 4.77. The largest absolute Gasteiger partial charge is 0.496 e. The van der Waals surface area contributed by atoms with Gasteiger partial charge in [0.05, 0.1) is 27.4 Å². The third-order valence-corrected chi connectivity index (χ3v) is 2.49. The Hall–Kier alpha value is -1.97. The van der Waals surface area contributed by atoms with Crippen molar-refractivity contribution in [2.24, 2.45) is 0 Å². The van der Waals surface area contributed by atoms with E-state index < -0.39 is 12.2 Å².